The number of hydrogen-bond donors (Lipinski definition) is 1. The molecule has 0 aliphatic rings. The van der Waals surface area contributed by atoms with E-state index in [-0.39, 0.29) is 28.6 Å². The van der Waals surface area contributed by atoms with Gasteiger partial charge < -0.3 is 10.1 Å². The lowest BCUT2D eigenvalue weighted by Crippen LogP contribution is -2.12. The number of nitrogens with one attached hydrogen (secondary N) is 1. The van der Waals surface area contributed by atoms with Crippen LogP contribution in [0.5, 0.6) is 0 Å². The van der Waals surface area contributed by atoms with Crippen LogP contribution in [0, 0.1) is 17.0 Å². The number of nitro benzene ring substituents is 1. The second-order valence-electron chi connectivity index (χ2n) is 5.71. The van der Waals surface area contributed by atoms with E-state index in [1.165, 1.54) is 43.3 Å². The molecular formula is C19H18N2O6S. The van der Waals surface area contributed by atoms with Gasteiger partial charge in [0, 0.05) is 18.2 Å². The molecule has 0 saturated heterocycles. The number of nitrogens with zero attached hydrogens (tertiary/aromatic N) is 1. The van der Waals surface area contributed by atoms with Crippen molar-refractivity contribution in [3.05, 3.63) is 62.0 Å². The quantitative estimate of drug-likeness (QED) is 0.246. The smallest absolute Gasteiger partial charge is 0.341 e. The van der Waals surface area contributed by atoms with Crippen molar-refractivity contribution < 1.29 is 24.0 Å². The average Bonchev–Trinajstić information content (AvgIpc) is 2.96. The molecule has 2 rings (SSSR count). The first kappa shape index (κ1) is 21.0. The van der Waals surface area contributed by atoms with Gasteiger partial charge in [-0.25, -0.2) is 4.79 Å². The summed E-state index contributed by atoms with van der Waals surface area (Å²) in [5.74, 6) is -1.34. The van der Waals surface area contributed by atoms with Crippen molar-refractivity contribution in [1.29, 1.82) is 0 Å². The van der Waals surface area contributed by atoms with Crippen molar-refractivity contribution in [1.82, 2.24) is 0 Å². The van der Waals surface area contributed by atoms with Gasteiger partial charge in [0.25, 0.3) is 5.69 Å². The Bertz CT molecular complexity index is 960. The van der Waals surface area contributed by atoms with E-state index in [4.69, 9.17) is 4.74 Å². The minimum absolute atomic E-state index is 0.0495. The summed E-state index contributed by atoms with van der Waals surface area (Å²) in [6.45, 7) is 4.84. The van der Waals surface area contributed by atoms with E-state index < -0.39 is 16.8 Å². The molecule has 1 heterocycles. The number of anilines is 1. The van der Waals surface area contributed by atoms with Gasteiger partial charge in [-0.1, -0.05) is 0 Å². The van der Waals surface area contributed by atoms with Crippen LogP contribution in [-0.2, 0) is 9.53 Å². The third-order valence-electron chi connectivity index (χ3n) is 3.71. The van der Waals surface area contributed by atoms with Crippen molar-refractivity contribution in [3.63, 3.8) is 0 Å². The Kier molecular flexibility index (Phi) is 6.78. The van der Waals surface area contributed by atoms with Gasteiger partial charge >= 0.3 is 5.97 Å². The maximum Gasteiger partial charge on any atom is 0.341 e. The maximum absolute atomic E-state index is 12.2. The molecule has 0 atom stereocenters. The van der Waals surface area contributed by atoms with Crippen LogP contribution in [0.4, 0.5) is 10.7 Å². The van der Waals surface area contributed by atoms with Crippen LogP contribution in [0.2, 0.25) is 0 Å². The van der Waals surface area contributed by atoms with E-state index in [1.807, 2.05) is 0 Å². The van der Waals surface area contributed by atoms with Crippen LogP contribution in [0.1, 0.15) is 45.0 Å². The first-order valence-electron chi connectivity index (χ1n) is 8.29. The van der Waals surface area contributed by atoms with Crippen LogP contribution >= 0.6 is 11.3 Å². The van der Waals surface area contributed by atoms with Crippen LogP contribution in [-0.4, -0.2) is 29.2 Å². The lowest BCUT2D eigenvalue weighted by molar-refractivity contribution is -0.384. The molecule has 0 saturated carbocycles. The number of thiophene rings is 1. The molecule has 0 fully saturated rings. The predicted octanol–water partition coefficient (Wildman–Crippen LogP) is 4.00. The summed E-state index contributed by atoms with van der Waals surface area (Å²) in [5.41, 5.74) is 1.17. The number of rotatable bonds is 7. The Hall–Kier alpha value is -3.33. The van der Waals surface area contributed by atoms with Crippen LogP contribution in [0.25, 0.3) is 6.08 Å². The van der Waals surface area contributed by atoms with Crippen LogP contribution in [0.15, 0.2) is 30.3 Å². The van der Waals surface area contributed by atoms with E-state index in [9.17, 15) is 24.5 Å². The number of hydrogen-bond acceptors (Lipinski definition) is 7. The van der Waals surface area contributed by atoms with E-state index in [2.05, 4.69) is 5.32 Å². The van der Waals surface area contributed by atoms with Gasteiger partial charge in [0.15, 0.2) is 5.78 Å². The van der Waals surface area contributed by atoms with Gasteiger partial charge in [-0.2, -0.15) is 0 Å². The zero-order valence-corrected chi connectivity index (χ0v) is 16.3. The van der Waals surface area contributed by atoms with E-state index in [0.29, 0.717) is 16.0 Å². The predicted molar refractivity (Wildman–Crippen MR) is 106 cm³/mol. The third-order valence-corrected chi connectivity index (χ3v) is 5.02. The molecule has 0 radical (unpaired) electrons. The van der Waals surface area contributed by atoms with Crippen molar-refractivity contribution in [3.8, 4) is 0 Å². The molecule has 8 nitrogen and oxygen atoms in total. The highest BCUT2D eigenvalue weighted by Crippen LogP contribution is 2.34. The molecule has 146 valence electrons. The number of esters is 1. The fraction of sp³-hybridized carbons (Fsp3) is 0.211. The number of ketones is 1. The van der Waals surface area contributed by atoms with E-state index >= 15 is 0 Å². The highest BCUT2D eigenvalue weighted by atomic mass is 32.1. The number of Topliss-reactive ketones (excluding diaryl/α,β-unsaturated/α-hetero) is 1. The molecule has 9 heteroatoms. The first-order chi connectivity index (χ1) is 13.2. The van der Waals surface area contributed by atoms with Gasteiger partial charge in [0.2, 0.25) is 5.91 Å². The lowest BCUT2D eigenvalue weighted by Gasteiger charge is -2.05. The summed E-state index contributed by atoms with van der Waals surface area (Å²) in [6, 6.07) is 5.68. The number of ether oxygens (including phenoxy) is 1. The highest BCUT2D eigenvalue weighted by molar-refractivity contribution is 7.18. The molecule has 0 spiro atoms. The van der Waals surface area contributed by atoms with Gasteiger partial charge in [-0.05, 0) is 50.1 Å². The number of amides is 1. The second kappa shape index (κ2) is 9.05. The molecule has 1 N–H and O–H groups in total. The summed E-state index contributed by atoms with van der Waals surface area (Å²) in [5, 5.41) is 13.5. The minimum atomic E-state index is -0.613. The Morgan fingerprint density at radius 3 is 2.43 bits per heavy atom. The van der Waals surface area contributed by atoms with Crippen molar-refractivity contribution in [2.24, 2.45) is 0 Å². The van der Waals surface area contributed by atoms with Crippen molar-refractivity contribution in [2.45, 2.75) is 20.8 Å². The SMILES string of the molecule is CCOC(=O)c1c(NC(=O)/C=C/c2ccc([N+](=O)[O-])cc2)sc(C(C)=O)c1C. The Morgan fingerprint density at radius 2 is 1.89 bits per heavy atom. The monoisotopic (exact) mass is 402 g/mol. The number of nitro groups is 1. The first-order valence-corrected chi connectivity index (χ1v) is 9.11. The van der Waals surface area contributed by atoms with Gasteiger partial charge in [-0.15, -0.1) is 11.3 Å². The molecule has 1 aromatic heterocycles. The van der Waals surface area contributed by atoms with Gasteiger partial charge in [0.05, 0.1) is 22.0 Å². The third kappa shape index (κ3) is 4.89. The van der Waals surface area contributed by atoms with Crippen LogP contribution < -0.4 is 5.32 Å². The largest absolute Gasteiger partial charge is 0.462 e. The van der Waals surface area contributed by atoms with E-state index in [1.54, 1.807) is 13.8 Å². The second-order valence-corrected chi connectivity index (χ2v) is 6.73. The minimum Gasteiger partial charge on any atom is -0.462 e. The lowest BCUT2D eigenvalue weighted by atomic mass is 10.1. The topological polar surface area (TPSA) is 116 Å². The fourth-order valence-electron chi connectivity index (χ4n) is 2.42. The molecule has 0 unspecified atom stereocenters. The summed E-state index contributed by atoms with van der Waals surface area (Å²) < 4.78 is 5.02. The summed E-state index contributed by atoms with van der Waals surface area (Å²) >= 11 is 1.01. The number of benzene rings is 1. The molecule has 2 aromatic rings. The van der Waals surface area contributed by atoms with Crippen molar-refractivity contribution in [2.75, 3.05) is 11.9 Å². The Balaban J connectivity index is 2.22. The highest BCUT2D eigenvalue weighted by Gasteiger charge is 2.24. The van der Waals surface area contributed by atoms with Gasteiger partial charge in [-0.3, -0.25) is 19.7 Å². The Labute approximate surface area is 165 Å². The fourth-order valence-corrected chi connectivity index (χ4v) is 3.51. The number of non-ortho nitro benzene ring substituents is 1. The zero-order valence-electron chi connectivity index (χ0n) is 15.5. The summed E-state index contributed by atoms with van der Waals surface area (Å²) in [7, 11) is 0. The molecule has 0 aliphatic heterocycles. The molecule has 1 amide bonds. The normalized spacial score (nSPS) is 10.7. The molecule has 28 heavy (non-hydrogen) atoms. The van der Waals surface area contributed by atoms with Crippen molar-refractivity contribution >= 4 is 45.8 Å². The molecule has 0 aliphatic carbocycles. The average molecular weight is 402 g/mol. The van der Waals surface area contributed by atoms with Gasteiger partial charge in [0.1, 0.15) is 5.00 Å². The molecule has 0 bridgehead atoms. The summed E-state index contributed by atoms with van der Waals surface area (Å²) in [4.78, 5) is 46.8. The molecule has 1 aromatic carbocycles. The zero-order chi connectivity index (χ0) is 20.8. The maximum atomic E-state index is 12.2. The number of carbonyl (C=O) groups is 3. The summed E-state index contributed by atoms with van der Waals surface area (Å²) in [6.07, 6.45) is 2.72. The molecular weight excluding hydrogens is 384 g/mol. The number of carbonyl (C=O) groups excluding carboxylic acids is 3. The van der Waals surface area contributed by atoms with Crippen LogP contribution in [0.3, 0.4) is 0 Å². The van der Waals surface area contributed by atoms with E-state index in [0.717, 1.165) is 11.3 Å². The standard InChI is InChI=1S/C19H18N2O6S/c1-4-27-19(24)16-11(2)17(12(3)22)28-18(16)20-15(23)10-7-13-5-8-14(9-6-13)21(25)26/h5-10H,4H2,1-3H3,(H,20,23)/b10-7+. The Morgan fingerprint density at radius 1 is 1.25 bits per heavy atom.